The zero-order chi connectivity index (χ0) is 18.0. The molecule has 0 unspecified atom stereocenters. The van der Waals surface area contributed by atoms with Crippen molar-refractivity contribution in [2.45, 2.75) is 13.0 Å². The van der Waals surface area contributed by atoms with Gasteiger partial charge in [-0.3, -0.25) is 4.79 Å². The van der Waals surface area contributed by atoms with Gasteiger partial charge in [0, 0.05) is 6.54 Å². The second-order valence-corrected chi connectivity index (χ2v) is 6.80. The SMILES string of the molecule is COc1cc(C)ccc1C(=O)N1CCO[C@H](c2ccc(Cl)c(Cl)c2)C1. The molecule has 6 heteroatoms. The fraction of sp³-hybridized carbons (Fsp3) is 0.316. The maximum Gasteiger partial charge on any atom is 0.257 e. The zero-order valence-corrected chi connectivity index (χ0v) is 15.6. The maximum absolute atomic E-state index is 12.9. The molecule has 132 valence electrons. The molecule has 25 heavy (non-hydrogen) atoms. The van der Waals surface area contributed by atoms with Crippen molar-refractivity contribution in [1.82, 2.24) is 4.90 Å². The number of benzene rings is 2. The highest BCUT2D eigenvalue weighted by Gasteiger charge is 2.28. The lowest BCUT2D eigenvalue weighted by atomic mass is 10.1. The van der Waals surface area contributed by atoms with Crippen LogP contribution in [0.5, 0.6) is 5.75 Å². The van der Waals surface area contributed by atoms with Gasteiger partial charge in [0.15, 0.2) is 0 Å². The molecule has 0 spiro atoms. The van der Waals surface area contributed by atoms with Crippen LogP contribution in [0.1, 0.15) is 27.6 Å². The second-order valence-electron chi connectivity index (χ2n) is 5.99. The Morgan fingerprint density at radius 2 is 2.00 bits per heavy atom. The molecule has 4 nitrogen and oxygen atoms in total. The maximum atomic E-state index is 12.9. The number of hydrogen-bond acceptors (Lipinski definition) is 3. The van der Waals surface area contributed by atoms with Crippen molar-refractivity contribution < 1.29 is 14.3 Å². The van der Waals surface area contributed by atoms with E-state index in [0.717, 1.165) is 11.1 Å². The monoisotopic (exact) mass is 379 g/mol. The van der Waals surface area contributed by atoms with Crippen molar-refractivity contribution in [3.8, 4) is 5.75 Å². The number of nitrogens with zero attached hydrogens (tertiary/aromatic N) is 1. The topological polar surface area (TPSA) is 38.8 Å². The molecule has 1 amide bonds. The number of amides is 1. The third-order valence-electron chi connectivity index (χ3n) is 4.26. The molecule has 0 N–H and O–H groups in total. The molecule has 1 fully saturated rings. The van der Waals surface area contributed by atoms with Gasteiger partial charge >= 0.3 is 0 Å². The smallest absolute Gasteiger partial charge is 0.257 e. The Morgan fingerprint density at radius 1 is 1.20 bits per heavy atom. The van der Waals surface area contributed by atoms with Crippen LogP contribution in [0.3, 0.4) is 0 Å². The number of aryl methyl sites for hydroxylation is 1. The molecule has 0 saturated carbocycles. The Labute approximate surface area is 157 Å². The van der Waals surface area contributed by atoms with Gasteiger partial charge in [0.25, 0.3) is 5.91 Å². The summed E-state index contributed by atoms with van der Waals surface area (Å²) < 4.78 is 11.2. The molecule has 1 aliphatic rings. The molecule has 1 atom stereocenters. The summed E-state index contributed by atoms with van der Waals surface area (Å²) >= 11 is 12.1. The molecule has 0 bridgehead atoms. The molecule has 1 heterocycles. The minimum Gasteiger partial charge on any atom is -0.496 e. The molecular formula is C19H19Cl2NO3. The predicted molar refractivity (Wildman–Crippen MR) is 98.8 cm³/mol. The summed E-state index contributed by atoms with van der Waals surface area (Å²) in [6.07, 6.45) is -0.232. The van der Waals surface area contributed by atoms with Gasteiger partial charge in [-0.2, -0.15) is 0 Å². The Hall–Kier alpha value is -1.75. The Balaban J connectivity index is 1.81. The van der Waals surface area contributed by atoms with Gasteiger partial charge in [-0.05, 0) is 42.3 Å². The van der Waals surface area contributed by atoms with Crippen LogP contribution in [0.15, 0.2) is 36.4 Å². The van der Waals surface area contributed by atoms with E-state index < -0.39 is 0 Å². The van der Waals surface area contributed by atoms with Gasteiger partial charge in [-0.15, -0.1) is 0 Å². The van der Waals surface area contributed by atoms with Gasteiger partial charge in [0.2, 0.25) is 0 Å². The van der Waals surface area contributed by atoms with E-state index in [0.29, 0.717) is 41.1 Å². The molecule has 0 aromatic heterocycles. The van der Waals surface area contributed by atoms with Crippen molar-refractivity contribution in [3.05, 3.63) is 63.1 Å². The first-order valence-electron chi connectivity index (χ1n) is 8.00. The molecule has 2 aromatic carbocycles. The summed E-state index contributed by atoms with van der Waals surface area (Å²) in [6.45, 7) is 3.41. The fourth-order valence-electron chi connectivity index (χ4n) is 2.89. The third-order valence-corrected chi connectivity index (χ3v) is 5.00. The fourth-order valence-corrected chi connectivity index (χ4v) is 3.20. The average molecular weight is 380 g/mol. The van der Waals surface area contributed by atoms with Gasteiger partial charge in [-0.25, -0.2) is 0 Å². The highest BCUT2D eigenvalue weighted by atomic mass is 35.5. The van der Waals surface area contributed by atoms with Crippen LogP contribution in [-0.4, -0.2) is 37.6 Å². The summed E-state index contributed by atoms with van der Waals surface area (Å²) in [4.78, 5) is 14.7. The number of halogens is 2. The Morgan fingerprint density at radius 3 is 2.72 bits per heavy atom. The number of rotatable bonds is 3. The first-order valence-corrected chi connectivity index (χ1v) is 8.75. The number of methoxy groups -OCH3 is 1. The summed E-state index contributed by atoms with van der Waals surface area (Å²) in [5.41, 5.74) is 2.51. The van der Waals surface area contributed by atoms with Crippen LogP contribution in [0.25, 0.3) is 0 Å². The first-order chi connectivity index (χ1) is 12.0. The second kappa shape index (κ2) is 7.65. The van der Waals surface area contributed by atoms with Crippen LogP contribution in [0.4, 0.5) is 0 Å². The number of carbonyl (C=O) groups is 1. The third kappa shape index (κ3) is 3.92. The molecule has 1 aliphatic heterocycles. The van der Waals surface area contributed by atoms with Crippen molar-refractivity contribution in [2.24, 2.45) is 0 Å². The lowest BCUT2D eigenvalue weighted by Gasteiger charge is -2.33. The lowest BCUT2D eigenvalue weighted by Crippen LogP contribution is -2.42. The zero-order valence-electron chi connectivity index (χ0n) is 14.1. The normalized spacial score (nSPS) is 17.4. The average Bonchev–Trinajstić information content (AvgIpc) is 2.63. The molecule has 0 radical (unpaired) electrons. The van der Waals surface area contributed by atoms with E-state index in [1.807, 2.05) is 25.1 Å². The summed E-state index contributed by atoms with van der Waals surface area (Å²) in [7, 11) is 1.57. The van der Waals surface area contributed by atoms with E-state index in [1.165, 1.54) is 0 Å². The quantitative estimate of drug-likeness (QED) is 0.786. The minimum absolute atomic E-state index is 0.0646. The minimum atomic E-state index is -0.232. The number of carbonyl (C=O) groups excluding carboxylic acids is 1. The van der Waals surface area contributed by atoms with E-state index in [1.54, 1.807) is 30.2 Å². The lowest BCUT2D eigenvalue weighted by molar-refractivity contribution is -0.0229. The summed E-state index contributed by atoms with van der Waals surface area (Å²) in [5, 5.41) is 0.977. The standard InChI is InChI=1S/C19H19Cl2NO3/c1-12-3-5-14(17(9-12)24-2)19(23)22-7-8-25-18(11-22)13-4-6-15(20)16(21)10-13/h3-6,9-10,18H,7-8,11H2,1-2H3/t18-/m0/s1. The molecular weight excluding hydrogens is 361 g/mol. The van der Waals surface area contributed by atoms with Crippen LogP contribution in [0, 0.1) is 6.92 Å². The van der Waals surface area contributed by atoms with E-state index in [-0.39, 0.29) is 12.0 Å². The van der Waals surface area contributed by atoms with Crippen LogP contribution in [0.2, 0.25) is 10.0 Å². The Kier molecular flexibility index (Phi) is 5.52. The molecule has 3 rings (SSSR count). The number of hydrogen-bond donors (Lipinski definition) is 0. The van der Waals surface area contributed by atoms with Crippen LogP contribution >= 0.6 is 23.2 Å². The molecule has 2 aromatic rings. The highest BCUT2D eigenvalue weighted by molar-refractivity contribution is 6.42. The van der Waals surface area contributed by atoms with Crippen molar-refractivity contribution in [1.29, 1.82) is 0 Å². The van der Waals surface area contributed by atoms with Crippen LogP contribution < -0.4 is 4.74 Å². The summed E-state index contributed by atoms with van der Waals surface area (Å²) in [5.74, 6) is 0.521. The van der Waals surface area contributed by atoms with E-state index in [9.17, 15) is 4.79 Å². The van der Waals surface area contributed by atoms with Crippen molar-refractivity contribution >= 4 is 29.1 Å². The summed E-state index contributed by atoms with van der Waals surface area (Å²) in [6, 6.07) is 11.0. The van der Waals surface area contributed by atoms with Crippen LogP contribution in [-0.2, 0) is 4.74 Å². The van der Waals surface area contributed by atoms with E-state index in [2.05, 4.69) is 0 Å². The van der Waals surface area contributed by atoms with Crippen molar-refractivity contribution in [2.75, 3.05) is 26.8 Å². The predicted octanol–water partition coefficient (Wildman–Crippen LogP) is 4.52. The molecule has 0 aliphatic carbocycles. The highest BCUT2D eigenvalue weighted by Crippen LogP contribution is 2.30. The van der Waals surface area contributed by atoms with Crippen molar-refractivity contribution in [3.63, 3.8) is 0 Å². The number of morpholine rings is 1. The van der Waals surface area contributed by atoms with E-state index in [4.69, 9.17) is 32.7 Å². The molecule has 1 saturated heterocycles. The van der Waals surface area contributed by atoms with Gasteiger partial charge < -0.3 is 14.4 Å². The Bertz CT molecular complexity index is 794. The van der Waals surface area contributed by atoms with Gasteiger partial charge in [0.05, 0.1) is 35.9 Å². The first kappa shape index (κ1) is 18.1. The largest absolute Gasteiger partial charge is 0.496 e. The number of ether oxygens (including phenoxy) is 2. The van der Waals surface area contributed by atoms with E-state index >= 15 is 0 Å². The van der Waals surface area contributed by atoms with Gasteiger partial charge in [-0.1, -0.05) is 35.3 Å². The van der Waals surface area contributed by atoms with Gasteiger partial charge in [0.1, 0.15) is 11.9 Å².